The zero-order chi connectivity index (χ0) is 13.8. The summed E-state index contributed by atoms with van der Waals surface area (Å²) in [5.41, 5.74) is 1.88. The van der Waals surface area contributed by atoms with Crippen LogP contribution < -0.4 is 5.32 Å². The lowest BCUT2D eigenvalue weighted by molar-refractivity contribution is 0.0911. The Hall–Kier alpha value is -0.350. The summed E-state index contributed by atoms with van der Waals surface area (Å²) >= 11 is 7.04. The lowest BCUT2D eigenvalue weighted by Crippen LogP contribution is -2.42. The minimum atomic E-state index is 0.0403. The summed E-state index contributed by atoms with van der Waals surface area (Å²) in [6, 6.07) is 6.07. The molecule has 0 spiro atoms. The van der Waals surface area contributed by atoms with Gasteiger partial charge in [-0.2, -0.15) is 0 Å². The van der Waals surface area contributed by atoms with Crippen molar-refractivity contribution in [3.05, 3.63) is 33.8 Å². The second-order valence-electron chi connectivity index (χ2n) is 5.24. The summed E-state index contributed by atoms with van der Waals surface area (Å²) in [4.78, 5) is 12.3. The summed E-state index contributed by atoms with van der Waals surface area (Å²) < 4.78 is 0.987. The van der Waals surface area contributed by atoms with Gasteiger partial charge in [0.05, 0.1) is 0 Å². The molecule has 1 saturated carbocycles. The Morgan fingerprint density at radius 3 is 2.79 bits per heavy atom. The Kier molecular flexibility index (Phi) is 5.46. The molecule has 19 heavy (non-hydrogen) atoms. The fraction of sp³-hybridized carbons (Fsp3) is 0.533. The molecule has 0 heterocycles. The zero-order valence-electron chi connectivity index (χ0n) is 11.1. The third-order valence-corrected chi connectivity index (χ3v) is 5.54. The molecule has 1 aliphatic rings. The Morgan fingerprint density at radius 2 is 2.11 bits per heavy atom. The Balaban J connectivity index is 2.05. The van der Waals surface area contributed by atoms with Gasteiger partial charge in [-0.15, -0.1) is 0 Å². The molecular formula is C15H19Br2NO. The average Bonchev–Trinajstić information content (AvgIpc) is 2.42. The third kappa shape index (κ3) is 3.82. The van der Waals surface area contributed by atoms with Crippen LogP contribution in [0, 0.1) is 12.8 Å². The zero-order valence-corrected chi connectivity index (χ0v) is 14.3. The van der Waals surface area contributed by atoms with Crippen molar-refractivity contribution in [1.29, 1.82) is 0 Å². The molecule has 2 nitrogen and oxygen atoms in total. The number of carbonyl (C=O) groups is 1. The summed E-state index contributed by atoms with van der Waals surface area (Å²) in [5.74, 6) is 0.602. The molecule has 0 bridgehead atoms. The van der Waals surface area contributed by atoms with Gasteiger partial charge in [-0.3, -0.25) is 4.79 Å². The minimum Gasteiger partial charge on any atom is -0.349 e. The lowest BCUT2D eigenvalue weighted by atomic mass is 9.86. The number of amides is 1. The smallest absolute Gasteiger partial charge is 0.251 e. The molecular weight excluding hydrogens is 370 g/mol. The highest BCUT2D eigenvalue weighted by Gasteiger charge is 2.25. The number of halogens is 2. The van der Waals surface area contributed by atoms with Crippen LogP contribution in [0.1, 0.15) is 41.6 Å². The molecule has 1 N–H and O–H groups in total. The molecule has 2 atom stereocenters. The summed E-state index contributed by atoms with van der Waals surface area (Å²) in [6.07, 6.45) is 4.79. The molecule has 0 aromatic heterocycles. The number of carbonyl (C=O) groups excluding carboxylic acids is 1. The van der Waals surface area contributed by atoms with E-state index in [1.807, 2.05) is 25.1 Å². The minimum absolute atomic E-state index is 0.0403. The highest BCUT2D eigenvalue weighted by molar-refractivity contribution is 9.10. The second-order valence-corrected chi connectivity index (χ2v) is 6.74. The van der Waals surface area contributed by atoms with Gasteiger partial charge >= 0.3 is 0 Å². The summed E-state index contributed by atoms with van der Waals surface area (Å²) in [7, 11) is 0. The molecule has 1 fully saturated rings. The fourth-order valence-electron chi connectivity index (χ4n) is 2.57. The number of rotatable bonds is 3. The highest BCUT2D eigenvalue weighted by atomic mass is 79.9. The quantitative estimate of drug-likeness (QED) is 0.762. The molecule has 0 saturated heterocycles. The van der Waals surface area contributed by atoms with Crippen LogP contribution in [0.2, 0.25) is 0 Å². The normalized spacial score (nSPS) is 23.1. The van der Waals surface area contributed by atoms with Crippen molar-refractivity contribution in [2.75, 3.05) is 5.33 Å². The largest absolute Gasteiger partial charge is 0.349 e. The number of nitrogens with one attached hydrogen (secondary N) is 1. The van der Waals surface area contributed by atoms with Crippen LogP contribution in [0.25, 0.3) is 0 Å². The number of aryl methyl sites for hydroxylation is 1. The first kappa shape index (κ1) is 15.0. The van der Waals surface area contributed by atoms with Gasteiger partial charge in [0.2, 0.25) is 0 Å². The van der Waals surface area contributed by atoms with E-state index < -0.39 is 0 Å². The molecule has 1 aliphatic carbocycles. The van der Waals surface area contributed by atoms with Crippen molar-refractivity contribution in [2.45, 2.75) is 38.6 Å². The van der Waals surface area contributed by atoms with Crippen LogP contribution in [0.3, 0.4) is 0 Å². The third-order valence-electron chi connectivity index (χ3n) is 3.86. The van der Waals surface area contributed by atoms with E-state index >= 15 is 0 Å². The van der Waals surface area contributed by atoms with Gasteiger partial charge in [0.1, 0.15) is 0 Å². The van der Waals surface area contributed by atoms with Crippen LogP contribution in [-0.4, -0.2) is 17.3 Å². The Bertz CT molecular complexity index is 461. The topological polar surface area (TPSA) is 29.1 Å². The standard InChI is InChI=1S/C15H19Br2NO/c1-10-6-7-11(8-13(10)17)15(19)18-14-5-3-2-4-12(14)9-16/h6-8,12,14H,2-5,9H2,1H3,(H,18,19). The van der Waals surface area contributed by atoms with Crippen LogP contribution >= 0.6 is 31.9 Å². The Labute approximate surface area is 131 Å². The van der Waals surface area contributed by atoms with E-state index in [2.05, 4.69) is 37.2 Å². The van der Waals surface area contributed by atoms with Gasteiger partial charge in [-0.1, -0.05) is 50.8 Å². The van der Waals surface area contributed by atoms with Crippen molar-refractivity contribution in [2.24, 2.45) is 5.92 Å². The van der Waals surface area contributed by atoms with E-state index in [0.717, 1.165) is 27.4 Å². The van der Waals surface area contributed by atoms with E-state index in [4.69, 9.17) is 0 Å². The molecule has 4 heteroatoms. The first-order valence-corrected chi connectivity index (χ1v) is 8.66. The van der Waals surface area contributed by atoms with Gasteiger partial charge in [-0.05, 0) is 43.4 Å². The first-order chi connectivity index (χ1) is 9.11. The van der Waals surface area contributed by atoms with Crippen molar-refractivity contribution in [1.82, 2.24) is 5.32 Å². The number of hydrogen-bond acceptors (Lipinski definition) is 1. The van der Waals surface area contributed by atoms with Crippen molar-refractivity contribution in [3.8, 4) is 0 Å². The van der Waals surface area contributed by atoms with Crippen molar-refractivity contribution < 1.29 is 4.79 Å². The van der Waals surface area contributed by atoms with Gasteiger partial charge in [0.25, 0.3) is 5.91 Å². The summed E-state index contributed by atoms with van der Waals surface area (Å²) in [6.45, 7) is 2.02. The summed E-state index contributed by atoms with van der Waals surface area (Å²) in [5, 5.41) is 4.16. The van der Waals surface area contributed by atoms with Gasteiger partial charge in [-0.25, -0.2) is 0 Å². The van der Waals surface area contributed by atoms with E-state index in [1.54, 1.807) is 0 Å². The predicted octanol–water partition coefficient (Wildman–Crippen LogP) is 4.44. The van der Waals surface area contributed by atoms with Crippen LogP contribution in [0.4, 0.5) is 0 Å². The van der Waals surface area contributed by atoms with Crippen LogP contribution in [0.15, 0.2) is 22.7 Å². The van der Waals surface area contributed by atoms with Gasteiger partial charge in [0.15, 0.2) is 0 Å². The monoisotopic (exact) mass is 387 g/mol. The molecule has 1 amide bonds. The molecule has 1 aromatic rings. The SMILES string of the molecule is Cc1ccc(C(=O)NC2CCCCC2CBr)cc1Br. The van der Waals surface area contributed by atoms with Crippen molar-refractivity contribution in [3.63, 3.8) is 0 Å². The number of benzene rings is 1. The van der Waals surface area contributed by atoms with Gasteiger partial charge < -0.3 is 5.32 Å². The molecule has 0 radical (unpaired) electrons. The predicted molar refractivity (Wildman–Crippen MR) is 85.9 cm³/mol. The highest BCUT2D eigenvalue weighted by Crippen LogP contribution is 2.26. The average molecular weight is 389 g/mol. The van der Waals surface area contributed by atoms with Crippen LogP contribution in [-0.2, 0) is 0 Å². The maximum Gasteiger partial charge on any atom is 0.251 e. The number of alkyl halides is 1. The van der Waals surface area contributed by atoms with Gasteiger partial charge in [0, 0.05) is 21.4 Å². The van der Waals surface area contributed by atoms with E-state index in [0.29, 0.717) is 12.0 Å². The van der Waals surface area contributed by atoms with Crippen LogP contribution in [0.5, 0.6) is 0 Å². The Morgan fingerprint density at radius 1 is 1.37 bits per heavy atom. The fourth-order valence-corrected chi connectivity index (χ4v) is 3.72. The molecule has 2 rings (SSSR count). The van der Waals surface area contributed by atoms with E-state index in [-0.39, 0.29) is 5.91 Å². The molecule has 104 valence electrons. The second kappa shape index (κ2) is 6.89. The molecule has 2 unspecified atom stereocenters. The molecule has 1 aromatic carbocycles. The maximum absolute atomic E-state index is 12.3. The first-order valence-electron chi connectivity index (χ1n) is 6.75. The lowest BCUT2D eigenvalue weighted by Gasteiger charge is -2.31. The number of hydrogen-bond donors (Lipinski definition) is 1. The van der Waals surface area contributed by atoms with E-state index in [9.17, 15) is 4.79 Å². The van der Waals surface area contributed by atoms with Crippen molar-refractivity contribution >= 4 is 37.8 Å². The molecule has 0 aliphatic heterocycles. The maximum atomic E-state index is 12.3. The van der Waals surface area contributed by atoms with E-state index in [1.165, 1.54) is 19.3 Å².